The van der Waals surface area contributed by atoms with E-state index in [1.165, 1.54) is 0 Å². The number of hydrogen-bond donors (Lipinski definition) is 1. The summed E-state index contributed by atoms with van der Waals surface area (Å²) in [6.07, 6.45) is -0.681. The van der Waals surface area contributed by atoms with Gasteiger partial charge >= 0.3 is 0 Å². The maximum atomic E-state index is 12.9. The minimum atomic E-state index is -3.85. The Labute approximate surface area is 123 Å². The van der Waals surface area contributed by atoms with Crippen LogP contribution in [0.5, 0.6) is 0 Å². The van der Waals surface area contributed by atoms with Crippen LogP contribution in [0.15, 0.2) is 23.1 Å². The second-order valence-electron chi connectivity index (χ2n) is 3.77. The quantitative estimate of drug-likeness (QED) is 0.744. The summed E-state index contributed by atoms with van der Waals surface area (Å²) >= 11 is 5.73. The molecule has 1 aromatic rings. The molecular weight excluding hydrogens is 309 g/mol. The molecule has 0 aliphatic carbocycles. The largest absolute Gasteiger partial charge is 0.352 e. The molecule has 0 unspecified atom stereocenters. The molecule has 0 radical (unpaired) electrons. The van der Waals surface area contributed by atoms with Gasteiger partial charge in [0.05, 0.1) is 11.6 Å². The molecule has 8 heteroatoms. The molecule has 1 rings (SSSR count). The summed E-state index contributed by atoms with van der Waals surface area (Å²) in [6.45, 7) is 4.28. The molecule has 1 aromatic carbocycles. The van der Waals surface area contributed by atoms with Gasteiger partial charge in [-0.3, -0.25) is 0 Å². The van der Waals surface area contributed by atoms with Gasteiger partial charge in [-0.25, -0.2) is 17.5 Å². The van der Waals surface area contributed by atoms with Gasteiger partial charge in [0.15, 0.2) is 6.29 Å². The van der Waals surface area contributed by atoms with Gasteiger partial charge in [-0.05, 0) is 32.0 Å². The summed E-state index contributed by atoms with van der Waals surface area (Å²) in [4.78, 5) is -0.188. The lowest BCUT2D eigenvalue weighted by Gasteiger charge is -2.17. The number of sulfonamides is 1. The average Bonchev–Trinajstić information content (AvgIpc) is 2.36. The molecule has 0 fully saturated rings. The first-order valence-electron chi connectivity index (χ1n) is 6.08. The van der Waals surface area contributed by atoms with E-state index in [0.29, 0.717) is 13.2 Å². The molecule has 0 heterocycles. The summed E-state index contributed by atoms with van der Waals surface area (Å²) in [5, 5.41) is -0.179. The van der Waals surface area contributed by atoms with Gasteiger partial charge < -0.3 is 9.47 Å². The molecule has 0 saturated carbocycles. The van der Waals surface area contributed by atoms with Crippen molar-refractivity contribution in [3.63, 3.8) is 0 Å². The fourth-order valence-electron chi connectivity index (χ4n) is 1.49. The van der Waals surface area contributed by atoms with Gasteiger partial charge in [0.1, 0.15) is 10.7 Å². The van der Waals surface area contributed by atoms with Crippen LogP contribution in [0.1, 0.15) is 13.8 Å². The predicted octanol–water partition coefficient (Wildman–Crippen LogP) is 2.16. The van der Waals surface area contributed by atoms with Gasteiger partial charge in [0.2, 0.25) is 10.0 Å². The molecule has 0 amide bonds. The van der Waals surface area contributed by atoms with E-state index in [4.69, 9.17) is 21.1 Å². The number of nitrogens with one attached hydrogen (secondary N) is 1. The van der Waals surface area contributed by atoms with E-state index in [1.54, 1.807) is 13.8 Å². The molecule has 0 saturated heterocycles. The van der Waals surface area contributed by atoms with Crippen molar-refractivity contribution in [2.24, 2.45) is 0 Å². The smallest absolute Gasteiger partial charge is 0.242 e. The third-order valence-corrected chi connectivity index (χ3v) is 4.24. The van der Waals surface area contributed by atoms with Gasteiger partial charge in [0.25, 0.3) is 0 Å². The zero-order valence-corrected chi connectivity index (χ0v) is 12.8. The van der Waals surface area contributed by atoms with Crippen LogP contribution in [-0.4, -0.2) is 34.5 Å². The van der Waals surface area contributed by atoms with Crippen LogP contribution in [0, 0.1) is 5.82 Å². The third kappa shape index (κ3) is 4.99. The van der Waals surface area contributed by atoms with Crippen molar-refractivity contribution in [3.8, 4) is 0 Å². The standard InChI is InChI=1S/C12H17ClFNO4S/c1-3-18-12(19-4-2)8-15-20(16,17)11-6-5-9(14)7-10(11)13/h5-7,12,15H,3-4,8H2,1-2H3. The van der Waals surface area contributed by atoms with Gasteiger partial charge in [-0.2, -0.15) is 0 Å². The maximum absolute atomic E-state index is 12.9. The Morgan fingerprint density at radius 3 is 2.40 bits per heavy atom. The Hall–Kier alpha value is -0.730. The third-order valence-electron chi connectivity index (χ3n) is 2.33. The maximum Gasteiger partial charge on any atom is 0.242 e. The lowest BCUT2D eigenvalue weighted by molar-refractivity contribution is -0.130. The lowest BCUT2D eigenvalue weighted by atomic mass is 10.3. The van der Waals surface area contributed by atoms with E-state index in [-0.39, 0.29) is 16.5 Å². The minimum absolute atomic E-state index is 0.0578. The Morgan fingerprint density at radius 1 is 1.30 bits per heavy atom. The molecule has 0 aliphatic heterocycles. The minimum Gasteiger partial charge on any atom is -0.352 e. The van der Waals surface area contributed by atoms with Gasteiger partial charge in [-0.15, -0.1) is 0 Å². The summed E-state index contributed by atoms with van der Waals surface area (Å²) < 4.78 is 49.8. The lowest BCUT2D eigenvalue weighted by Crippen LogP contribution is -2.35. The molecule has 0 bridgehead atoms. The van der Waals surface area contributed by atoms with Gasteiger partial charge in [0, 0.05) is 13.2 Å². The molecule has 1 N–H and O–H groups in total. The van der Waals surface area contributed by atoms with Crippen LogP contribution >= 0.6 is 11.6 Å². The highest BCUT2D eigenvalue weighted by Gasteiger charge is 2.20. The Morgan fingerprint density at radius 2 is 1.90 bits per heavy atom. The van der Waals surface area contributed by atoms with E-state index < -0.39 is 22.1 Å². The molecule has 0 aliphatic rings. The Kier molecular flexibility index (Phi) is 6.84. The zero-order chi connectivity index (χ0) is 15.2. The molecule has 5 nitrogen and oxygen atoms in total. The first-order valence-corrected chi connectivity index (χ1v) is 7.94. The highest BCUT2D eigenvalue weighted by atomic mass is 35.5. The van der Waals surface area contributed by atoms with Crippen molar-refractivity contribution in [1.82, 2.24) is 4.72 Å². The van der Waals surface area contributed by atoms with Crippen LogP contribution in [0.4, 0.5) is 4.39 Å². The molecule has 20 heavy (non-hydrogen) atoms. The van der Waals surface area contributed by atoms with Gasteiger partial charge in [-0.1, -0.05) is 11.6 Å². The van der Waals surface area contributed by atoms with Crippen LogP contribution in [-0.2, 0) is 19.5 Å². The van der Waals surface area contributed by atoms with E-state index in [2.05, 4.69) is 4.72 Å². The first-order chi connectivity index (χ1) is 9.40. The average molecular weight is 326 g/mol. The van der Waals surface area contributed by atoms with Crippen molar-refractivity contribution in [3.05, 3.63) is 29.0 Å². The monoisotopic (exact) mass is 325 g/mol. The van der Waals surface area contributed by atoms with E-state index in [1.807, 2.05) is 0 Å². The Balaban J connectivity index is 2.78. The van der Waals surface area contributed by atoms with Crippen molar-refractivity contribution in [2.75, 3.05) is 19.8 Å². The predicted molar refractivity (Wildman–Crippen MR) is 73.6 cm³/mol. The van der Waals surface area contributed by atoms with Crippen LogP contribution in [0.2, 0.25) is 5.02 Å². The molecule has 0 spiro atoms. The SMILES string of the molecule is CCOC(CNS(=O)(=O)c1ccc(F)cc1Cl)OCC. The van der Waals surface area contributed by atoms with Crippen molar-refractivity contribution >= 4 is 21.6 Å². The summed E-state index contributed by atoms with van der Waals surface area (Å²) in [5.41, 5.74) is 0. The number of hydrogen-bond acceptors (Lipinski definition) is 4. The van der Waals surface area contributed by atoms with E-state index >= 15 is 0 Å². The topological polar surface area (TPSA) is 64.6 Å². The van der Waals surface area contributed by atoms with Crippen molar-refractivity contribution in [1.29, 1.82) is 0 Å². The van der Waals surface area contributed by atoms with Crippen LogP contribution in [0.25, 0.3) is 0 Å². The van der Waals surface area contributed by atoms with E-state index in [0.717, 1.165) is 18.2 Å². The normalized spacial score (nSPS) is 12.1. The number of ether oxygens (including phenoxy) is 2. The summed E-state index contributed by atoms with van der Waals surface area (Å²) in [5.74, 6) is -0.601. The highest BCUT2D eigenvalue weighted by molar-refractivity contribution is 7.89. The second kappa shape index (κ2) is 7.90. The number of halogens is 2. The number of rotatable bonds is 8. The van der Waals surface area contributed by atoms with Crippen molar-refractivity contribution in [2.45, 2.75) is 25.0 Å². The van der Waals surface area contributed by atoms with Crippen molar-refractivity contribution < 1.29 is 22.3 Å². The molecular formula is C12H17ClFNO4S. The summed E-state index contributed by atoms with van der Waals surface area (Å²) in [6, 6.07) is 3.08. The van der Waals surface area contributed by atoms with Crippen LogP contribution in [0.3, 0.4) is 0 Å². The number of benzene rings is 1. The molecule has 0 atom stereocenters. The fraction of sp³-hybridized carbons (Fsp3) is 0.500. The Bertz CT molecular complexity index is 532. The zero-order valence-electron chi connectivity index (χ0n) is 11.2. The van der Waals surface area contributed by atoms with Crippen LogP contribution < -0.4 is 4.72 Å². The highest BCUT2D eigenvalue weighted by Crippen LogP contribution is 2.21. The van der Waals surface area contributed by atoms with E-state index in [9.17, 15) is 12.8 Å². The second-order valence-corrected chi connectivity index (χ2v) is 5.91. The first kappa shape index (κ1) is 17.3. The molecule has 114 valence electrons. The molecule has 0 aromatic heterocycles. The fourth-order valence-corrected chi connectivity index (χ4v) is 3.03. The summed E-state index contributed by atoms with van der Waals surface area (Å²) in [7, 11) is -3.85.